The minimum absolute atomic E-state index is 0.328. The fourth-order valence-corrected chi connectivity index (χ4v) is 2.20. The zero-order chi connectivity index (χ0) is 9.90. The predicted molar refractivity (Wildman–Crippen MR) is 52.8 cm³/mol. The summed E-state index contributed by atoms with van der Waals surface area (Å²) in [5.74, 6) is 0.481. The standard InChI is InChI=1S/C8H18N2O2S/c1-13(11,12)10-6-7-2-4-8(9)5-3-7/h7-8,10H,2-6,9H2,1H3/t7-,8-. The average molecular weight is 206 g/mol. The van der Waals surface area contributed by atoms with Gasteiger partial charge >= 0.3 is 0 Å². The highest BCUT2D eigenvalue weighted by Gasteiger charge is 2.18. The lowest BCUT2D eigenvalue weighted by atomic mass is 9.87. The highest BCUT2D eigenvalue weighted by molar-refractivity contribution is 7.88. The van der Waals surface area contributed by atoms with Crippen LogP contribution in [-0.4, -0.2) is 27.3 Å². The Morgan fingerprint density at radius 1 is 1.31 bits per heavy atom. The Bertz CT molecular complexity index is 243. The van der Waals surface area contributed by atoms with Gasteiger partial charge < -0.3 is 5.73 Å². The van der Waals surface area contributed by atoms with Crippen molar-refractivity contribution in [2.45, 2.75) is 31.7 Å². The van der Waals surface area contributed by atoms with Crippen molar-refractivity contribution in [2.24, 2.45) is 11.7 Å². The molecule has 78 valence electrons. The van der Waals surface area contributed by atoms with E-state index in [4.69, 9.17) is 5.73 Å². The van der Waals surface area contributed by atoms with Crippen LogP contribution in [-0.2, 0) is 10.0 Å². The van der Waals surface area contributed by atoms with E-state index in [-0.39, 0.29) is 0 Å². The maximum Gasteiger partial charge on any atom is 0.208 e. The van der Waals surface area contributed by atoms with Crippen molar-refractivity contribution in [3.05, 3.63) is 0 Å². The van der Waals surface area contributed by atoms with Crippen LogP contribution < -0.4 is 10.5 Å². The second-order valence-electron chi connectivity index (χ2n) is 3.90. The first kappa shape index (κ1) is 10.9. The molecule has 1 rings (SSSR count). The van der Waals surface area contributed by atoms with E-state index in [1.54, 1.807) is 0 Å². The fourth-order valence-electron chi connectivity index (χ4n) is 1.66. The molecule has 1 aliphatic carbocycles. The smallest absolute Gasteiger partial charge is 0.208 e. The fraction of sp³-hybridized carbons (Fsp3) is 1.00. The van der Waals surface area contributed by atoms with Gasteiger partial charge in [0.25, 0.3) is 0 Å². The van der Waals surface area contributed by atoms with Crippen molar-refractivity contribution in [2.75, 3.05) is 12.8 Å². The Balaban J connectivity index is 2.24. The van der Waals surface area contributed by atoms with Gasteiger partial charge in [0.05, 0.1) is 6.26 Å². The first-order chi connectivity index (χ1) is 5.97. The Morgan fingerprint density at radius 2 is 1.85 bits per heavy atom. The first-order valence-electron chi connectivity index (χ1n) is 4.67. The minimum atomic E-state index is -3.02. The number of hydrogen-bond acceptors (Lipinski definition) is 3. The lowest BCUT2D eigenvalue weighted by molar-refractivity contribution is 0.326. The van der Waals surface area contributed by atoms with Gasteiger partial charge in [0, 0.05) is 12.6 Å². The molecule has 0 unspecified atom stereocenters. The molecule has 4 nitrogen and oxygen atoms in total. The zero-order valence-corrected chi connectivity index (χ0v) is 8.81. The summed E-state index contributed by atoms with van der Waals surface area (Å²) < 4.78 is 24.1. The third-order valence-electron chi connectivity index (χ3n) is 2.53. The highest BCUT2D eigenvalue weighted by Crippen LogP contribution is 2.22. The molecule has 0 bridgehead atoms. The lowest BCUT2D eigenvalue weighted by Crippen LogP contribution is -2.33. The van der Waals surface area contributed by atoms with Crippen molar-refractivity contribution in [3.63, 3.8) is 0 Å². The van der Waals surface area contributed by atoms with E-state index < -0.39 is 10.0 Å². The number of nitrogens with one attached hydrogen (secondary N) is 1. The Morgan fingerprint density at radius 3 is 2.31 bits per heavy atom. The molecule has 0 amide bonds. The van der Waals surface area contributed by atoms with Gasteiger partial charge in [0.1, 0.15) is 0 Å². The van der Waals surface area contributed by atoms with Gasteiger partial charge in [-0.15, -0.1) is 0 Å². The first-order valence-corrected chi connectivity index (χ1v) is 6.57. The second-order valence-corrected chi connectivity index (χ2v) is 5.73. The Kier molecular flexibility index (Phi) is 3.70. The third kappa shape index (κ3) is 4.59. The monoisotopic (exact) mass is 206 g/mol. The molecule has 3 N–H and O–H groups in total. The van der Waals surface area contributed by atoms with E-state index >= 15 is 0 Å². The number of hydrogen-bond donors (Lipinski definition) is 2. The molecular formula is C8H18N2O2S. The molecule has 0 atom stereocenters. The SMILES string of the molecule is CS(=O)(=O)NC[C@H]1CC[C@H](N)CC1. The normalized spacial score (nSPS) is 30.3. The summed E-state index contributed by atoms with van der Waals surface area (Å²) >= 11 is 0. The van der Waals surface area contributed by atoms with Crippen molar-refractivity contribution in [1.29, 1.82) is 0 Å². The quantitative estimate of drug-likeness (QED) is 0.685. The summed E-state index contributed by atoms with van der Waals surface area (Å²) in [4.78, 5) is 0. The van der Waals surface area contributed by atoms with Gasteiger partial charge in [-0.2, -0.15) is 0 Å². The van der Waals surface area contributed by atoms with Crippen LogP contribution in [0.15, 0.2) is 0 Å². The molecule has 0 aliphatic heterocycles. The van der Waals surface area contributed by atoms with Gasteiger partial charge in [-0.25, -0.2) is 13.1 Å². The maximum absolute atomic E-state index is 10.8. The summed E-state index contributed by atoms with van der Waals surface area (Å²) in [5, 5.41) is 0. The molecule has 0 radical (unpaired) electrons. The molecule has 0 saturated heterocycles. The summed E-state index contributed by atoms with van der Waals surface area (Å²) in [5.41, 5.74) is 5.74. The van der Waals surface area contributed by atoms with Crippen LogP contribution in [0.3, 0.4) is 0 Å². The van der Waals surface area contributed by atoms with E-state index in [0.717, 1.165) is 25.7 Å². The van der Waals surface area contributed by atoms with Crippen LogP contribution in [0, 0.1) is 5.92 Å². The van der Waals surface area contributed by atoms with Gasteiger partial charge in [-0.05, 0) is 31.6 Å². The molecule has 1 fully saturated rings. The summed E-state index contributed by atoms with van der Waals surface area (Å²) in [6.07, 6.45) is 5.33. The Hall–Kier alpha value is -0.130. The summed E-state index contributed by atoms with van der Waals surface area (Å²) in [6, 6.07) is 0.328. The van der Waals surface area contributed by atoms with Crippen molar-refractivity contribution >= 4 is 10.0 Å². The number of nitrogens with two attached hydrogens (primary N) is 1. The van der Waals surface area contributed by atoms with E-state index in [1.807, 2.05) is 0 Å². The molecule has 0 aromatic heterocycles. The average Bonchev–Trinajstić information content (AvgIpc) is 2.02. The highest BCUT2D eigenvalue weighted by atomic mass is 32.2. The second kappa shape index (κ2) is 4.39. The van der Waals surface area contributed by atoms with Crippen LogP contribution in [0.2, 0.25) is 0 Å². The van der Waals surface area contributed by atoms with Gasteiger partial charge in [-0.1, -0.05) is 0 Å². The van der Waals surface area contributed by atoms with Crippen molar-refractivity contribution < 1.29 is 8.42 Å². The lowest BCUT2D eigenvalue weighted by Gasteiger charge is -2.25. The third-order valence-corrected chi connectivity index (χ3v) is 3.22. The van der Waals surface area contributed by atoms with Crippen LogP contribution in [0.4, 0.5) is 0 Å². The maximum atomic E-state index is 10.8. The van der Waals surface area contributed by atoms with Crippen LogP contribution in [0.25, 0.3) is 0 Å². The van der Waals surface area contributed by atoms with Gasteiger partial charge in [0.2, 0.25) is 10.0 Å². The van der Waals surface area contributed by atoms with E-state index in [9.17, 15) is 8.42 Å². The predicted octanol–water partition coefficient (Wildman–Crippen LogP) is 0.0531. The number of rotatable bonds is 3. The molecule has 0 aromatic carbocycles. The molecule has 1 aliphatic rings. The summed E-state index contributed by atoms with van der Waals surface area (Å²) in [6.45, 7) is 0.575. The molecule has 5 heteroatoms. The van der Waals surface area contributed by atoms with Crippen LogP contribution in [0.5, 0.6) is 0 Å². The number of sulfonamides is 1. The molecule has 1 saturated carbocycles. The molecule has 0 heterocycles. The van der Waals surface area contributed by atoms with E-state index in [0.29, 0.717) is 18.5 Å². The van der Waals surface area contributed by atoms with Gasteiger partial charge in [-0.3, -0.25) is 0 Å². The molecular weight excluding hydrogens is 188 g/mol. The van der Waals surface area contributed by atoms with E-state index in [2.05, 4.69) is 4.72 Å². The summed E-state index contributed by atoms with van der Waals surface area (Å²) in [7, 11) is -3.02. The molecule has 0 spiro atoms. The van der Waals surface area contributed by atoms with Gasteiger partial charge in [0.15, 0.2) is 0 Å². The van der Waals surface area contributed by atoms with Crippen LogP contribution >= 0.6 is 0 Å². The zero-order valence-electron chi connectivity index (χ0n) is 7.99. The minimum Gasteiger partial charge on any atom is -0.328 e. The molecule has 13 heavy (non-hydrogen) atoms. The molecule has 0 aromatic rings. The van der Waals surface area contributed by atoms with Crippen LogP contribution in [0.1, 0.15) is 25.7 Å². The topological polar surface area (TPSA) is 72.2 Å². The largest absolute Gasteiger partial charge is 0.328 e. The van der Waals surface area contributed by atoms with E-state index in [1.165, 1.54) is 6.26 Å². The van der Waals surface area contributed by atoms with Crippen molar-refractivity contribution in [3.8, 4) is 0 Å². The van der Waals surface area contributed by atoms with Crippen molar-refractivity contribution in [1.82, 2.24) is 4.72 Å². The Labute approximate surface area is 79.9 Å².